The molecule has 3 aliphatic heterocycles. The van der Waals surface area contributed by atoms with E-state index in [1.807, 2.05) is 0 Å². The monoisotopic (exact) mass is 881 g/mol. The summed E-state index contributed by atoms with van der Waals surface area (Å²) in [6.07, 6.45) is -1.02. The summed E-state index contributed by atoms with van der Waals surface area (Å²) in [4.78, 5) is 73.1. The number of nitrogens with one attached hydrogen (secondary N) is 2. The van der Waals surface area contributed by atoms with Gasteiger partial charge in [-0.1, -0.05) is 0 Å². The van der Waals surface area contributed by atoms with E-state index in [9.17, 15) is 34.7 Å². The number of rotatable bonds is 12. The number of aliphatic imine (C=N–C) groups is 2. The molecule has 5 aromatic rings. The van der Waals surface area contributed by atoms with Crippen molar-refractivity contribution in [2.24, 2.45) is 9.98 Å². The van der Waals surface area contributed by atoms with Gasteiger partial charge in [0.25, 0.3) is 16.8 Å². The number of ether oxygens (including phenoxy) is 6. The van der Waals surface area contributed by atoms with Crippen molar-refractivity contribution in [2.45, 2.75) is 62.7 Å². The SMILES string of the molecule is CC(OC(=O)OCC1OC(n2ncc3c(=O)[nH]c(N=CN(C)C)nc32)CC1O)c1cc2c(cc1[N+](=O)[O-])OCO2.CN(C)C=Nc1nc2c(cnn2C2CC(O)C(CO)O2)c(=O)[nH]1. The van der Waals surface area contributed by atoms with Crippen molar-refractivity contribution in [1.29, 1.82) is 0 Å². The minimum atomic E-state index is -1.13. The largest absolute Gasteiger partial charge is 0.508 e. The number of carbonyl (C=O) groups excluding carboxylic acids is 1. The highest BCUT2D eigenvalue weighted by Gasteiger charge is 2.38. The molecule has 0 spiro atoms. The van der Waals surface area contributed by atoms with E-state index in [4.69, 9.17) is 33.5 Å². The van der Waals surface area contributed by atoms with E-state index in [1.54, 1.807) is 38.0 Å². The average molecular weight is 882 g/mol. The van der Waals surface area contributed by atoms with E-state index in [-0.39, 0.29) is 84.1 Å². The van der Waals surface area contributed by atoms with Crippen molar-refractivity contribution < 1.29 is 53.5 Å². The number of carbonyl (C=O) groups is 1. The fourth-order valence-corrected chi connectivity index (χ4v) is 6.60. The number of fused-ring (bicyclic) bond motifs is 3. The fraction of sp³-hybridized carbons (Fsp3) is 0.472. The Hall–Kier alpha value is -7.07. The highest BCUT2D eigenvalue weighted by molar-refractivity contribution is 5.75. The van der Waals surface area contributed by atoms with E-state index in [0.717, 1.165) is 0 Å². The molecule has 0 amide bonds. The molecular weight excluding hydrogens is 838 g/mol. The van der Waals surface area contributed by atoms with Gasteiger partial charge in [-0.15, -0.1) is 0 Å². The molecule has 1 aromatic carbocycles. The first-order valence-electron chi connectivity index (χ1n) is 19.2. The van der Waals surface area contributed by atoms with E-state index in [0.29, 0.717) is 11.0 Å². The molecular formula is C36H43N13O14. The number of aliphatic hydroxyl groups is 3. The van der Waals surface area contributed by atoms with Gasteiger partial charge in [-0.25, -0.2) is 24.1 Å². The predicted octanol–water partition coefficient (Wildman–Crippen LogP) is 0.522. The maximum Gasteiger partial charge on any atom is 0.508 e. The summed E-state index contributed by atoms with van der Waals surface area (Å²) >= 11 is 0. The van der Waals surface area contributed by atoms with Crippen molar-refractivity contribution >= 4 is 58.5 Å². The van der Waals surface area contributed by atoms with Crippen molar-refractivity contribution in [3.05, 3.63) is 60.9 Å². The lowest BCUT2D eigenvalue weighted by molar-refractivity contribution is -0.386. The van der Waals surface area contributed by atoms with Crippen LogP contribution in [0.4, 0.5) is 22.4 Å². The Balaban J connectivity index is 0.000000219. The van der Waals surface area contributed by atoms with Crippen LogP contribution in [0.3, 0.4) is 0 Å². The zero-order valence-corrected chi connectivity index (χ0v) is 34.3. The molecule has 336 valence electrons. The van der Waals surface area contributed by atoms with Crippen LogP contribution in [0.25, 0.3) is 22.1 Å². The lowest BCUT2D eigenvalue weighted by atomic mass is 10.1. The highest BCUT2D eigenvalue weighted by atomic mass is 16.7. The number of hydrogen-bond donors (Lipinski definition) is 5. The molecule has 3 aliphatic rings. The third-order valence-electron chi connectivity index (χ3n) is 9.65. The van der Waals surface area contributed by atoms with Crippen molar-refractivity contribution in [3.8, 4) is 11.5 Å². The van der Waals surface area contributed by atoms with Crippen LogP contribution in [-0.2, 0) is 18.9 Å². The lowest BCUT2D eigenvalue weighted by Gasteiger charge is -2.17. The number of benzene rings is 1. The summed E-state index contributed by atoms with van der Waals surface area (Å²) in [5.41, 5.74) is -0.505. The second-order valence-corrected chi connectivity index (χ2v) is 14.7. The highest BCUT2D eigenvalue weighted by Crippen LogP contribution is 2.41. The summed E-state index contributed by atoms with van der Waals surface area (Å²) in [6, 6.07) is 2.57. The quantitative estimate of drug-likeness (QED) is 0.0375. The van der Waals surface area contributed by atoms with Gasteiger partial charge in [-0.2, -0.15) is 20.2 Å². The second kappa shape index (κ2) is 18.5. The Morgan fingerprint density at radius 3 is 1.92 bits per heavy atom. The van der Waals surface area contributed by atoms with Gasteiger partial charge >= 0.3 is 6.16 Å². The van der Waals surface area contributed by atoms with Crippen LogP contribution in [0.2, 0.25) is 0 Å². The smallest absolute Gasteiger partial charge is 0.454 e. The fourth-order valence-electron chi connectivity index (χ4n) is 6.60. The van der Waals surface area contributed by atoms with E-state index in [2.05, 4.69) is 40.1 Å². The number of nitro groups is 1. The van der Waals surface area contributed by atoms with Gasteiger partial charge in [0.1, 0.15) is 35.7 Å². The lowest BCUT2D eigenvalue weighted by Crippen LogP contribution is -2.28. The molecule has 2 fully saturated rings. The van der Waals surface area contributed by atoms with Crippen LogP contribution in [-0.4, -0.2) is 161 Å². The van der Waals surface area contributed by atoms with Crippen LogP contribution < -0.4 is 20.6 Å². The topological polar surface area (TPSA) is 335 Å². The van der Waals surface area contributed by atoms with Gasteiger partial charge in [0.2, 0.25) is 18.7 Å². The number of aromatic nitrogens is 8. The third kappa shape index (κ3) is 9.70. The molecule has 63 heavy (non-hydrogen) atoms. The molecule has 0 saturated carbocycles. The van der Waals surface area contributed by atoms with Gasteiger partial charge in [-0.3, -0.25) is 29.7 Å². The molecule has 27 nitrogen and oxygen atoms in total. The molecule has 8 rings (SSSR count). The van der Waals surface area contributed by atoms with Gasteiger partial charge in [0, 0.05) is 41.0 Å². The van der Waals surface area contributed by atoms with E-state index in [1.165, 1.54) is 53.5 Å². The molecule has 4 aromatic heterocycles. The maximum absolute atomic E-state index is 12.4. The molecule has 0 aliphatic carbocycles. The summed E-state index contributed by atoms with van der Waals surface area (Å²) in [5, 5.41) is 49.9. The molecule has 7 atom stereocenters. The van der Waals surface area contributed by atoms with Crippen LogP contribution in [0.1, 0.15) is 43.9 Å². The van der Waals surface area contributed by atoms with Crippen LogP contribution >= 0.6 is 0 Å². The molecule has 5 N–H and O–H groups in total. The number of nitro benzene ring substituents is 1. The summed E-state index contributed by atoms with van der Waals surface area (Å²) in [5.74, 6) is 0.716. The molecule has 2 saturated heterocycles. The number of H-pyrrole nitrogens is 2. The van der Waals surface area contributed by atoms with E-state index < -0.39 is 59.6 Å². The summed E-state index contributed by atoms with van der Waals surface area (Å²) < 4.78 is 35.0. The van der Waals surface area contributed by atoms with Gasteiger partial charge < -0.3 is 53.5 Å². The second-order valence-electron chi connectivity index (χ2n) is 14.7. The molecule has 27 heteroatoms. The maximum atomic E-state index is 12.4. The third-order valence-corrected chi connectivity index (χ3v) is 9.65. The Morgan fingerprint density at radius 1 is 0.921 bits per heavy atom. The first-order chi connectivity index (χ1) is 30.1. The average Bonchev–Trinajstić information content (AvgIpc) is 4.08. The number of nitrogens with zero attached hydrogens (tertiary/aromatic N) is 11. The van der Waals surface area contributed by atoms with E-state index >= 15 is 0 Å². The van der Waals surface area contributed by atoms with Crippen molar-refractivity contribution in [3.63, 3.8) is 0 Å². The van der Waals surface area contributed by atoms with Crippen molar-refractivity contribution in [2.75, 3.05) is 48.2 Å². The predicted molar refractivity (Wildman–Crippen MR) is 216 cm³/mol. The van der Waals surface area contributed by atoms with Gasteiger partial charge in [-0.05, 0) is 13.0 Å². The zero-order valence-electron chi connectivity index (χ0n) is 34.3. The van der Waals surface area contributed by atoms with Crippen LogP contribution in [0.15, 0.2) is 44.1 Å². The summed E-state index contributed by atoms with van der Waals surface area (Å²) in [7, 11) is 7.12. The minimum Gasteiger partial charge on any atom is -0.454 e. The normalized spacial score (nSPS) is 22.2. The zero-order chi connectivity index (χ0) is 45.1. The standard InChI is InChI=1S/C23H25N7O10.C13H18N6O4/c1-11(12-4-16-17(38-10-37-16)5-14(12)30(34)35)39-23(33)36-8-18-15(31)6-19(40-18)29-20-13(7-25-29)21(32)27-22(26-20)24-9-28(2)3;1-18(2)6-14-13-16-11-7(12(22)17-13)4-15-19(11)10-3-8(21)9(5-20)23-10/h4-5,7,9,11,15,18-19,31H,6,8,10H2,1-3H3,(H,26,27,32);4,6,8-10,20-21H,3,5H2,1-2H3,(H,16,17,22). The molecule has 0 radical (unpaired) electrons. The first kappa shape index (κ1) is 44.0. The molecule has 7 unspecified atom stereocenters. The Bertz CT molecular complexity index is 2660. The molecule has 7 heterocycles. The first-order valence-corrected chi connectivity index (χ1v) is 19.2. The number of hydrogen-bond acceptors (Lipinski definition) is 20. The number of aliphatic hydroxyl groups excluding tert-OH is 3. The number of aromatic amines is 2. The van der Waals surface area contributed by atoms with Gasteiger partial charge in [0.05, 0.1) is 60.4 Å². The molecule has 0 bridgehead atoms. The summed E-state index contributed by atoms with van der Waals surface area (Å²) in [6.45, 7) is 0.697. The van der Waals surface area contributed by atoms with Gasteiger partial charge in [0.15, 0.2) is 35.2 Å². The van der Waals surface area contributed by atoms with Crippen LogP contribution in [0.5, 0.6) is 11.5 Å². The minimum absolute atomic E-state index is 0.0611. The Kier molecular flexibility index (Phi) is 12.9. The Labute approximate surface area is 354 Å². The Morgan fingerprint density at radius 2 is 1.43 bits per heavy atom. The van der Waals surface area contributed by atoms with Crippen LogP contribution in [0, 0.1) is 10.1 Å². The van der Waals surface area contributed by atoms with Crippen molar-refractivity contribution in [1.82, 2.24) is 49.3 Å².